The minimum Gasteiger partial charge on any atom is -0.355 e. The summed E-state index contributed by atoms with van der Waals surface area (Å²) in [6.07, 6.45) is 1.71. The number of fused-ring (bicyclic) bond motifs is 1. The van der Waals surface area contributed by atoms with Gasteiger partial charge < -0.3 is 15.7 Å². The maximum atomic E-state index is 11.4. The van der Waals surface area contributed by atoms with Crippen LogP contribution in [0.15, 0.2) is 11.0 Å². The summed E-state index contributed by atoms with van der Waals surface area (Å²) < 4.78 is 0. The molecule has 0 amide bonds. The fraction of sp³-hybridized carbons (Fsp3) is 0.250. The number of hydrogen-bond acceptors (Lipinski definition) is 3. The van der Waals surface area contributed by atoms with E-state index in [-0.39, 0.29) is 5.56 Å². The summed E-state index contributed by atoms with van der Waals surface area (Å²) in [4.78, 5) is 21.0. The Labute approximate surface area is 74.0 Å². The molecule has 0 radical (unpaired) electrons. The Morgan fingerprint density at radius 3 is 3.08 bits per heavy atom. The first-order valence-electron chi connectivity index (χ1n) is 3.99. The van der Waals surface area contributed by atoms with E-state index in [0.29, 0.717) is 23.4 Å². The molecule has 0 atom stereocenters. The number of H-pyrrole nitrogens is 2. The van der Waals surface area contributed by atoms with Crippen LogP contribution < -0.4 is 11.3 Å². The molecule has 2 aromatic heterocycles. The van der Waals surface area contributed by atoms with E-state index in [4.69, 9.17) is 5.73 Å². The fourth-order valence-electron chi connectivity index (χ4n) is 1.34. The van der Waals surface area contributed by atoms with Crippen LogP contribution in [0.2, 0.25) is 0 Å². The van der Waals surface area contributed by atoms with Gasteiger partial charge in [0, 0.05) is 18.3 Å². The van der Waals surface area contributed by atoms with E-state index in [9.17, 15) is 4.79 Å². The minimum atomic E-state index is -0.151. The molecule has 5 nitrogen and oxygen atoms in total. The third-order valence-corrected chi connectivity index (χ3v) is 1.95. The summed E-state index contributed by atoms with van der Waals surface area (Å²) in [5, 5.41) is 0. The number of aromatic nitrogens is 3. The quantitative estimate of drug-likeness (QED) is 0.575. The lowest BCUT2D eigenvalue weighted by Crippen LogP contribution is -2.09. The van der Waals surface area contributed by atoms with Gasteiger partial charge in [-0.15, -0.1) is 0 Å². The Hall–Kier alpha value is -1.62. The minimum absolute atomic E-state index is 0.151. The molecule has 4 N–H and O–H groups in total. The topological polar surface area (TPSA) is 87.6 Å². The standard InChI is InChI=1S/C8H10N4O/c1-4-11-6-5(2-9)3-10-7(6)8(13)12-4/h3,10H,2,9H2,1H3,(H,11,12,13). The van der Waals surface area contributed by atoms with Gasteiger partial charge >= 0.3 is 0 Å². The zero-order chi connectivity index (χ0) is 9.42. The van der Waals surface area contributed by atoms with E-state index >= 15 is 0 Å². The summed E-state index contributed by atoms with van der Waals surface area (Å²) in [5.41, 5.74) is 7.36. The van der Waals surface area contributed by atoms with Crippen molar-refractivity contribution < 1.29 is 0 Å². The number of aryl methyl sites for hydroxylation is 1. The van der Waals surface area contributed by atoms with Crippen molar-refractivity contribution in [2.45, 2.75) is 13.5 Å². The van der Waals surface area contributed by atoms with Crippen molar-refractivity contribution in [3.8, 4) is 0 Å². The van der Waals surface area contributed by atoms with Gasteiger partial charge in [-0.2, -0.15) is 0 Å². The summed E-state index contributed by atoms with van der Waals surface area (Å²) in [7, 11) is 0. The number of hydrogen-bond donors (Lipinski definition) is 3. The van der Waals surface area contributed by atoms with Crippen molar-refractivity contribution in [3.63, 3.8) is 0 Å². The molecule has 5 heteroatoms. The molecule has 0 fully saturated rings. The van der Waals surface area contributed by atoms with Gasteiger partial charge in [0.2, 0.25) is 0 Å². The third-order valence-electron chi connectivity index (χ3n) is 1.95. The maximum absolute atomic E-state index is 11.4. The maximum Gasteiger partial charge on any atom is 0.275 e. The average molecular weight is 178 g/mol. The zero-order valence-corrected chi connectivity index (χ0v) is 7.22. The number of rotatable bonds is 1. The van der Waals surface area contributed by atoms with Crippen LogP contribution in [0.1, 0.15) is 11.4 Å². The highest BCUT2D eigenvalue weighted by atomic mass is 16.1. The van der Waals surface area contributed by atoms with Crippen molar-refractivity contribution in [2.24, 2.45) is 5.73 Å². The molecular weight excluding hydrogens is 168 g/mol. The van der Waals surface area contributed by atoms with Gasteiger partial charge in [0.25, 0.3) is 5.56 Å². The molecule has 2 aromatic rings. The molecule has 68 valence electrons. The van der Waals surface area contributed by atoms with E-state index < -0.39 is 0 Å². The number of aromatic amines is 2. The first kappa shape index (κ1) is 8.00. The Morgan fingerprint density at radius 1 is 1.62 bits per heavy atom. The molecule has 0 aliphatic rings. The van der Waals surface area contributed by atoms with Crippen molar-refractivity contribution in [1.29, 1.82) is 0 Å². The lowest BCUT2D eigenvalue weighted by molar-refractivity contribution is 1.04. The van der Waals surface area contributed by atoms with Gasteiger partial charge in [0.05, 0.1) is 0 Å². The molecule has 0 aliphatic heterocycles. The van der Waals surface area contributed by atoms with Gasteiger partial charge in [-0.05, 0) is 6.92 Å². The van der Waals surface area contributed by atoms with Gasteiger partial charge in [0.1, 0.15) is 16.9 Å². The molecule has 0 bridgehead atoms. The Morgan fingerprint density at radius 2 is 2.38 bits per heavy atom. The molecule has 2 heterocycles. The first-order chi connectivity index (χ1) is 6.22. The number of nitrogens with one attached hydrogen (secondary N) is 2. The van der Waals surface area contributed by atoms with Crippen LogP contribution in [0.25, 0.3) is 11.0 Å². The van der Waals surface area contributed by atoms with Crippen LogP contribution in [0.4, 0.5) is 0 Å². The van der Waals surface area contributed by atoms with Crippen LogP contribution >= 0.6 is 0 Å². The van der Waals surface area contributed by atoms with Crippen LogP contribution in [0.3, 0.4) is 0 Å². The van der Waals surface area contributed by atoms with Gasteiger partial charge in [-0.25, -0.2) is 4.98 Å². The van der Waals surface area contributed by atoms with Crippen LogP contribution in [0.5, 0.6) is 0 Å². The summed E-state index contributed by atoms with van der Waals surface area (Å²) in [6.45, 7) is 2.13. The predicted octanol–water partition coefficient (Wildman–Crippen LogP) is 0.0183. The molecule has 13 heavy (non-hydrogen) atoms. The van der Waals surface area contributed by atoms with Crippen LogP contribution in [-0.2, 0) is 6.54 Å². The smallest absolute Gasteiger partial charge is 0.275 e. The van der Waals surface area contributed by atoms with Crippen LogP contribution in [0, 0.1) is 6.92 Å². The molecule has 0 saturated carbocycles. The molecule has 0 spiro atoms. The molecule has 2 rings (SSSR count). The first-order valence-corrected chi connectivity index (χ1v) is 3.99. The fourth-order valence-corrected chi connectivity index (χ4v) is 1.34. The largest absolute Gasteiger partial charge is 0.355 e. The summed E-state index contributed by atoms with van der Waals surface area (Å²) in [6, 6.07) is 0. The second-order valence-corrected chi connectivity index (χ2v) is 2.89. The van der Waals surface area contributed by atoms with E-state index in [0.717, 1.165) is 5.56 Å². The number of nitrogens with zero attached hydrogens (tertiary/aromatic N) is 1. The lowest BCUT2D eigenvalue weighted by Gasteiger charge is -1.94. The second-order valence-electron chi connectivity index (χ2n) is 2.89. The Balaban J connectivity index is 2.90. The number of nitrogens with two attached hydrogens (primary N) is 1. The zero-order valence-electron chi connectivity index (χ0n) is 7.22. The molecular formula is C8H10N4O. The van der Waals surface area contributed by atoms with Gasteiger partial charge in [-0.1, -0.05) is 0 Å². The van der Waals surface area contributed by atoms with E-state index in [2.05, 4.69) is 15.0 Å². The Bertz CT molecular complexity index is 496. The Kier molecular flexibility index (Phi) is 1.66. The normalized spacial score (nSPS) is 10.9. The summed E-state index contributed by atoms with van der Waals surface area (Å²) in [5.74, 6) is 0.604. The average Bonchev–Trinajstić information content (AvgIpc) is 2.47. The van der Waals surface area contributed by atoms with E-state index in [1.165, 1.54) is 0 Å². The predicted molar refractivity (Wildman–Crippen MR) is 49.3 cm³/mol. The molecule has 0 aromatic carbocycles. The van der Waals surface area contributed by atoms with E-state index in [1.54, 1.807) is 13.1 Å². The van der Waals surface area contributed by atoms with Gasteiger partial charge in [0.15, 0.2) is 0 Å². The van der Waals surface area contributed by atoms with E-state index in [1.807, 2.05) is 0 Å². The van der Waals surface area contributed by atoms with Crippen LogP contribution in [-0.4, -0.2) is 15.0 Å². The highest BCUT2D eigenvalue weighted by molar-refractivity contribution is 5.77. The third kappa shape index (κ3) is 1.13. The second kappa shape index (κ2) is 2.70. The van der Waals surface area contributed by atoms with Gasteiger partial charge in [-0.3, -0.25) is 4.79 Å². The van der Waals surface area contributed by atoms with Crippen molar-refractivity contribution >= 4 is 11.0 Å². The molecule has 0 unspecified atom stereocenters. The SMILES string of the molecule is Cc1nc2c(CN)c[nH]c2c(=O)[nH]1. The monoisotopic (exact) mass is 178 g/mol. The molecule has 0 saturated heterocycles. The van der Waals surface area contributed by atoms with Crippen molar-refractivity contribution in [2.75, 3.05) is 0 Å². The van der Waals surface area contributed by atoms with Crippen molar-refractivity contribution in [1.82, 2.24) is 15.0 Å². The highest BCUT2D eigenvalue weighted by Crippen LogP contribution is 2.10. The summed E-state index contributed by atoms with van der Waals surface area (Å²) >= 11 is 0. The lowest BCUT2D eigenvalue weighted by atomic mass is 10.3. The molecule has 0 aliphatic carbocycles. The van der Waals surface area contributed by atoms with Crippen molar-refractivity contribution in [3.05, 3.63) is 27.9 Å². The highest BCUT2D eigenvalue weighted by Gasteiger charge is 2.06.